The monoisotopic (exact) mass is 805 g/mol. The number of phosphoric acid groups is 1. The Bertz CT molecular complexity index is 853. The first-order valence-electron chi connectivity index (χ1n) is 23.8. The fourth-order valence-corrected chi connectivity index (χ4v) is 7.71. The summed E-state index contributed by atoms with van der Waals surface area (Å²) in [5.74, 6) is -0.307. The van der Waals surface area contributed by atoms with E-state index in [4.69, 9.17) is 18.5 Å². The van der Waals surface area contributed by atoms with Crippen molar-refractivity contribution in [2.24, 2.45) is 0 Å². The van der Waals surface area contributed by atoms with Gasteiger partial charge in [-0.05, 0) is 12.8 Å². The van der Waals surface area contributed by atoms with Crippen LogP contribution in [0.25, 0.3) is 0 Å². The quantitative estimate of drug-likeness (QED) is 0.0284. The lowest BCUT2D eigenvalue weighted by molar-refractivity contribution is -0.870. The lowest BCUT2D eigenvalue weighted by Gasteiger charge is -2.24. The third-order valence-electron chi connectivity index (χ3n) is 10.7. The first-order valence-corrected chi connectivity index (χ1v) is 25.3. The zero-order chi connectivity index (χ0) is 40.6. The number of rotatable bonds is 45. The van der Waals surface area contributed by atoms with E-state index in [0.29, 0.717) is 24.1 Å². The van der Waals surface area contributed by atoms with Gasteiger partial charge in [-0.2, -0.15) is 0 Å². The maximum absolute atomic E-state index is 12.7. The predicted molar refractivity (Wildman–Crippen MR) is 234 cm³/mol. The lowest BCUT2D eigenvalue weighted by atomic mass is 10.0. The normalized spacial score (nSPS) is 13.6. The van der Waals surface area contributed by atoms with E-state index in [-0.39, 0.29) is 25.8 Å². The summed E-state index contributed by atoms with van der Waals surface area (Å²) in [6.07, 6.45) is 42.9. The third kappa shape index (κ3) is 44.4. The predicted octanol–water partition coefficient (Wildman–Crippen LogP) is 14.1. The number of likely N-dealkylation sites (N-methyl/N-ethyl adjacent to an activating group) is 1. The van der Waals surface area contributed by atoms with Crippen molar-refractivity contribution in [2.45, 2.75) is 238 Å². The zero-order valence-corrected chi connectivity index (χ0v) is 38.3. The van der Waals surface area contributed by atoms with Gasteiger partial charge in [-0.1, -0.05) is 213 Å². The number of carbonyl (C=O) groups is 1. The Morgan fingerprint density at radius 1 is 0.491 bits per heavy atom. The fourth-order valence-electron chi connectivity index (χ4n) is 6.97. The van der Waals surface area contributed by atoms with E-state index in [1.807, 2.05) is 21.1 Å². The maximum Gasteiger partial charge on any atom is 0.472 e. The van der Waals surface area contributed by atoms with Crippen LogP contribution in [0.15, 0.2) is 0 Å². The van der Waals surface area contributed by atoms with Gasteiger partial charge in [-0.3, -0.25) is 13.8 Å². The fraction of sp³-hybridized carbons (Fsp3) is 0.978. The second kappa shape index (κ2) is 40.3. The van der Waals surface area contributed by atoms with Crippen molar-refractivity contribution in [1.29, 1.82) is 0 Å². The molecular formula is C46H95NO7P+. The maximum atomic E-state index is 12.7. The molecule has 0 aliphatic carbocycles. The largest absolute Gasteiger partial charge is 0.472 e. The highest BCUT2D eigenvalue weighted by atomic mass is 31.2. The second-order valence-electron chi connectivity index (χ2n) is 17.5. The van der Waals surface area contributed by atoms with Crippen LogP contribution in [0, 0.1) is 0 Å². The van der Waals surface area contributed by atoms with Crippen LogP contribution < -0.4 is 0 Å². The number of unbranched alkanes of at least 4 members (excludes halogenated alkanes) is 31. The van der Waals surface area contributed by atoms with Gasteiger partial charge in [0.25, 0.3) is 0 Å². The molecule has 0 aromatic heterocycles. The van der Waals surface area contributed by atoms with Crippen LogP contribution in [0.2, 0.25) is 0 Å². The molecule has 0 aromatic rings. The summed E-state index contributed by atoms with van der Waals surface area (Å²) >= 11 is 0. The van der Waals surface area contributed by atoms with Crippen LogP contribution in [-0.4, -0.2) is 75.6 Å². The van der Waals surface area contributed by atoms with Crippen LogP contribution >= 0.6 is 7.82 Å². The van der Waals surface area contributed by atoms with E-state index in [0.717, 1.165) is 32.1 Å². The van der Waals surface area contributed by atoms with Gasteiger partial charge < -0.3 is 18.9 Å². The van der Waals surface area contributed by atoms with Crippen LogP contribution in [0.5, 0.6) is 0 Å². The summed E-state index contributed by atoms with van der Waals surface area (Å²) in [5, 5.41) is 0. The molecule has 0 aliphatic heterocycles. The minimum Gasteiger partial charge on any atom is -0.457 e. The van der Waals surface area contributed by atoms with Crippen molar-refractivity contribution >= 4 is 13.8 Å². The number of phosphoric ester groups is 1. The average Bonchev–Trinajstić information content (AvgIpc) is 3.13. The number of quaternary nitrogens is 1. The first-order chi connectivity index (χ1) is 26.6. The van der Waals surface area contributed by atoms with Gasteiger partial charge in [0.15, 0.2) is 0 Å². The molecule has 0 aliphatic rings. The number of hydrogen-bond acceptors (Lipinski definition) is 6. The minimum atomic E-state index is -4.26. The molecule has 0 rings (SSSR count). The van der Waals surface area contributed by atoms with Gasteiger partial charge in [0.2, 0.25) is 0 Å². The van der Waals surface area contributed by atoms with Crippen LogP contribution in [0.4, 0.5) is 0 Å². The molecule has 0 radical (unpaired) electrons. The van der Waals surface area contributed by atoms with Crippen molar-refractivity contribution < 1.29 is 37.3 Å². The Balaban J connectivity index is 4.01. The SMILES string of the molecule is CCCCCCCCCCCCCCCCCCCCCCCCCC(=O)OC(COCCCCCCCCCCCC)COP(=O)(O)OCC[N+](C)(C)C. The molecule has 0 aromatic carbocycles. The average molecular weight is 805 g/mol. The molecular weight excluding hydrogens is 709 g/mol. The molecule has 0 saturated heterocycles. The molecule has 0 saturated carbocycles. The number of nitrogens with zero attached hydrogens (tertiary/aromatic N) is 1. The Morgan fingerprint density at radius 3 is 1.20 bits per heavy atom. The molecule has 2 unspecified atom stereocenters. The smallest absolute Gasteiger partial charge is 0.457 e. The molecule has 2 atom stereocenters. The van der Waals surface area contributed by atoms with Gasteiger partial charge in [0.05, 0.1) is 34.4 Å². The highest BCUT2D eigenvalue weighted by Crippen LogP contribution is 2.43. The Morgan fingerprint density at radius 2 is 0.836 bits per heavy atom. The van der Waals surface area contributed by atoms with Crippen LogP contribution in [0.3, 0.4) is 0 Å². The van der Waals surface area contributed by atoms with Crippen molar-refractivity contribution in [1.82, 2.24) is 0 Å². The highest BCUT2D eigenvalue weighted by molar-refractivity contribution is 7.47. The Labute approximate surface area is 342 Å². The van der Waals surface area contributed by atoms with Gasteiger partial charge >= 0.3 is 13.8 Å². The summed E-state index contributed by atoms with van der Waals surface area (Å²) < 4.78 is 35.0. The molecule has 9 heteroatoms. The van der Waals surface area contributed by atoms with Crippen molar-refractivity contribution in [3.63, 3.8) is 0 Å². The van der Waals surface area contributed by atoms with Gasteiger partial charge in [0, 0.05) is 13.0 Å². The summed E-state index contributed by atoms with van der Waals surface area (Å²) in [5.41, 5.74) is 0. The molecule has 55 heavy (non-hydrogen) atoms. The number of ether oxygens (including phenoxy) is 2. The summed E-state index contributed by atoms with van der Waals surface area (Å²) in [7, 11) is 1.69. The number of carbonyl (C=O) groups excluding carboxylic acids is 1. The van der Waals surface area contributed by atoms with Gasteiger partial charge in [-0.15, -0.1) is 0 Å². The van der Waals surface area contributed by atoms with E-state index < -0.39 is 13.9 Å². The molecule has 0 spiro atoms. The molecule has 1 N–H and O–H groups in total. The van der Waals surface area contributed by atoms with Crippen molar-refractivity contribution in [2.75, 3.05) is 54.1 Å². The van der Waals surface area contributed by atoms with E-state index in [1.54, 1.807) is 0 Å². The topological polar surface area (TPSA) is 91.3 Å². The summed E-state index contributed by atoms with van der Waals surface area (Å²) in [4.78, 5) is 22.9. The van der Waals surface area contributed by atoms with Gasteiger partial charge in [0.1, 0.15) is 19.3 Å². The van der Waals surface area contributed by atoms with Crippen molar-refractivity contribution in [3.05, 3.63) is 0 Å². The van der Waals surface area contributed by atoms with E-state index in [9.17, 15) is 14.3 Å². The molecule has 330 valence electrons. The second-order valence-corrected chi connectivity index (χ2v) is 19.0. The van der Waals surface area contributed by atoms with Crippen LogP contribution in [-0.2, 0) is 27.9 Å². The van der Waals surface area contributed by atoms with E-state index in [1.165, 1.54) is 180 Å². The number of hydrogen-bond donors (Lipinski definition) is 1. The molecule has 0 heterocycles. The first kappa shape index (κ1) is 54.5. The molecule has 8 nitrogen and oxygen atoms in total. The number of esters is 1. The summed E-state index contributed by atoms with van der Waals surface area (Å²) in [6.45, 7) is 5.67. The van der Waals surface area contributed by atoms with Gasteiger partial charge in [-0.25, -0.2) is 4.57 Å². The highest BCUT2D eigenvalue weighted by Gasteiger charge is 2.26. The molecule has 0 amide bonds. The minimum absolute atomic E-state index is 0.0938. The van der Waals surface area contributed by atoms with Crippen LogP contribution in [0.1, 0.15) is 232 Å². The standard InChI is InChI=1S/C46H94NO7P/c1-6-8-10-12-14-16-18-19-20-21-22-23-24-25-26-27-28-29-30-31-33-35-37-39-46(48)54-45(44-53-55(49,50)52-42-40-47(3,4)5)43-51-41-38-36-34-32-17-15-13-11-9-7-2/h45H,6-44H2,1-5H3/p+1. The lowest BCUT2D eigenvalue weighted by Crippen LogP contribution is -2.37. The molecule has 0 fully saturated rings. The zero-order valence-electron chi connectivity index (χ0n) is 37.4. The summed E-state index contributed by atoms with van der Waals surface area (Å²) in [6, 6.07) is 0. The third-order valence-corrected chi connectivity index (χ3v) is 11.7. The Kier molecular flexibility index (Phi) is 39.9. The van der Waals surface area contributed by atoms with E-state index in [2.05, 4.69) is 13.8 Å². The molecule has 0 bridgehead atoms. The van der Waals surface area contributed by atoms with Crippen molar-refractivity contribution in [3.8, 4) is 0 Å². The van der Waals surface area contributed by atoms with E-state index >= 15 is 0 Å². The Hall–Kier alpha value is -0.500.